The van der Waals surface area contributed by atoms with Crippen molar-refractivity contribution in [2.75, 3.05) is 7.05 Å². The van der Waals surface area contributed by atoms with Crippen LogP contribution in [-0.2, 0) is 16.6 Å². The molecule has 2 bridgehead atoms. The molecule has 5 nitrogen and oxygen atoms in total. The fourth-order valence-corrected chi connectivity index (χ4v) is 6.31. The third-order valence-electron chi connectivity index (χ3n) is 4.84. The molecular weight excluding hydrogens is 306 g/mol. The molecule has 0 aliphatic carbocycles. The zero-order chi connectivity index (χ0) is 15.0. The predicted octanol–water partition coefficient (Wildman–Crippen LogP) is 1.50. The summed E-state index contributed by atoms with van der Waals surface area (Å²) in [5.41, 5.74) is 5.63. The number of thiophene rings is 1. The topological polar surface area (TPSA) is 75.4 Å². The molecule has 118 valence electrons. The van der Waals surface area contributed by atoms with Crippen LogP contribution in [0, 0.1) is 0 Å². The Kier molecular flexibility index (Phi) is 4.38. The van der Waals surface area contributed by atoms with Gasteiger partial charge >= 0.3 is 0 Å². The van der Waals surface area contributed by atoms with Crippen molar-refractivity contribution in [1.82, 2.24) is 9.62 Å². The second kappa shape index (κ2) is 5.96. The number of hydrogen-bond acceptors (Lipinski definition) is 5. The van der Waals surface area contributed by atoms with Gasteiger partial charge in [0.25, 0.3) is 0 Å². The normalized spacial score (nSPS) is 30.5. The zero-order valence-corrected chi connectivity index (χ0v) is 13.9. The van der Waals surface area contributed by atoms with Gasteiger partial charge in [0.05, 0.1) is 4.90 Å². The van der Waals surface area contributed by atoms with Crippen molar-refractivity contribution in [1.29, 1.82) is 0 Å². The van der Waals surface area contributed by atoms with Crippen molar-refractivity contribution in [2.24, 2.45) is 5.73 Å². The maximum absolute atomic E-state index is 12.6. The van der Waals surface area contributed by atoms with E-state index < -0.39 is 10.0 Å². The maximum Gasteiger partial charge on any atom is 0.241 e. The van der Waals surface area contributed by atoms with E-state index in [0.717, 1.165) is 17.7 Å². The predicted molar refractivity (Wildman–Crippen MR) is 84.7 cm³/mol. The van der Waals surface area contributed by atoms with Gasteiger partial charge in [-0.15, -0.1) is 11.3 Å². The van der Waals surface area contributed by atoms with Gasteiger partial charge in [-0.1, -0.05) is 6.42 Å². The molecule has 21 heavy (non-hydrogen) atoms. The van der Waals surface area contributed by atoms with Crippen molar-refractivity contribution < 1.29 is 8.42 Å². The molecule has 0 spiro atoms. The molecule has 0 saturated carbocycles. The molecule has 2 aliphatic rings. The molecule has 3 heterocycles. The molecule has 0 amide bonds. The van der Waals surface area contributed by atoms with Crippen LogP contribution in [-0.4, -0.2) is 38.5 Å². The van der Waals surface area contributed by atoms with Crippen molar-refractivity contribution in [2.45, 2.75) is 61.7 Å². The number of nitrogens with two attached hydrogens (primary N) is 1. The Morgan fingerprint density at radius 3 is 2.67 bits per heavy atom. The van der Waals surface area contributed by atoms with Crippen molar-refractivity contribution in [3.8, 4) is 0 Å². The van der Waals surface area contributed by atoms with E-state index in [0.29, 0.717) is 17.0 Å². The summed E-state index contributed by atoms with van der Waals surface area (Å²) in [6.45, 7) is 0.270. The molecule has 2 fully saturated rings. The molecule has 2 unspecified atom stereocenters. The summed E-state index contributed by atoms with van der Waals surface area (Å²) in [7, 11) is -1.27. The van der Waals surface area contributed by atoms with Crippen molar-refractivity contribution in [3.63, 3.8) is 0 Å². The lowest BCUT2D eigenvalue weighted by Crippen LogP contribution is -2.55. The monoisotopic (exact) mass is 329 g/mol. The van der Waals surface area contributed by atoms with Crippen LogP contribution in [0.5, 0.6) is 0 Å². The molecule has 1 aromatic rings. The van der Waals surface area contributed by atoms with E-state index in [4.69, 9.17) is 5.73 Å². The summed E-state index contributed by atoms with van der Waals surface area (Å²) >= 11 is 1.40. The van der Waals surface area contributed by atoms with Crippen molar-refractivity contribution in [3.05, 3.63) is 16.3 Å². The van der Waals surface area contributed by atoms with Gasteiger partial charge in [-0.25, -0.2) is 13.1 Å². The van der Waals surface area contributed by atoms with E-state index >= 15 is 0 Å². The minimum Gasteiger partial charge on any atom is -0.326 e. The van der Waals surface area contributed by atoms with Gasteiger partial charge in [-0.3, -0.25) is 0 Å². The fourth-order valence-electron chi connectivity index (χ4n) is 3.71. The SMILES string of the molecule is CN1C2CCCC1CC(NS(=O)(=O)c1ccsc1CN)C2. The van der Waals surface area contributed by atoms with Crippen LogP contribution in [0.1, 0.15) is 37.0 Å². The highest BCUT2D eigenvalue weighted by molar-refractivity contribution is 7.89. The lowest BCUT2D eigenvalue weighted by atomic mass is 9.83. The largest absolute Gasteiger partial charge is 0.326 e. The average molecular weight is 329 g/mol. The van der Waals surface area contributed by atoms with Crippen LogP contribution in [0.4, 0.5) is 0 Å². The lowest BCUT2D eigenvalue weighted by molar-refractivity contribution is 0.0536. The number of piperidine rings is 2. The molecule has 2 atom stereocenters. The third-order valence-corrected chi connectivity index (χ3v) is 7.52. The van der Waals surface area contributed by atoms with E-state index in [1.165, 1.54) is 30.6 Å². The maximum atomic E-state index is 12.6. The zero-order valence-electron chi connectivity index (χ0n) is 12.3. The lowest BCUT2D eigenvalue weighted by Gasteiger charge is -2.47. The van der Waals surface area contributed by atoms with E-state index in [2.05, 4.69) is 16.7 Å². The number of hydrogen-bond donors (Lipinski definition) is 2. The van der Waals surface area contributed by atoms with Crippen LogP contribution in [0.3, 0.4) is 0 Å². The standard InChI is InChI=1S/C14H23N3O2S2/c1-17-11-3-2-4-12(17)8-10(7-11)16-21(18,19)14-5-6-20-13(14)9-15/h5-6,10-12,16H,2-4,7-9,15H2,1H3. The van der Waals surface area contributed by atoms with Crippen LogP contribution < -0.4 is 10.5 Å². The summed E-state index contributed by atoms with van der Waals surface area (Å²) in [5, 5.41) is 1.79. The number of rotatable bonds is 4. The molecule has 1 aromatic heterocycles. The minimum absolute atomic E-state index is 0.0482. The molecule has 0 aromatic carbocycles. The highest BCUT2D eigenvalue weighted by atomic mass is 32.2. The summed E-state index contributed by atoms with van der Waals surface area (Å²) in [6, 6.07) is 2.74. The number of nitrogens with one attached hydrogen (secondary N) is 1. The Labute approximate surface area is 130 Å². The quantitative estimate of drug-likeness (QED) is 0.878. The summed E-state index contributed by atoms with van der Waals surface area (Å²) < 4.78 is 28.1. The molecular formula is C14H23N3O2S2. The molecule has 0 radical (unpaired) electrons. The highest BCUT2D eigenvalue weighted by Gasteiger charge is 2.37. The average Bonchev–Trinajstić information content (AvgIpc) is 2.89. The number of fused-ring (bicyclic) bond motifs is 2. The first kappa shape index (κ1) is 15.4. The second-order valence-corrected chi connectivity index (χ2v) is 8.79. The smallest absolute Gasteiger partial charge is 0.241 e. The third kappa shape index (κ3) is 3.03. The van der Waals surface area contributed by atoms with Gasteiger partial charge in [0.15, 0.2) is 0 Å². The Balaban J connectivity index is 1.74. The summed E-state index contributed by atoms with van der Waals surface area (Å²) in [4.78, 5) is 3.53. The van der Waals surface area contributed by atoms with Gasteiger partial charge in [-0.05, 0) is 44.2 Å². The summed E-state index contributed by atoms with van der Waals surface area (Å²) in [5.74, 6) is 0. The van der Waals surface area contributed by atoms with Crippen LogP contribution in [0.25, 0.3) is 0 Å². The molecule has 2 aliphatic heterocycles. The molecule has 3 N–H and O–H groups in total. The van der Waals surface area contributed by atoms with Crippen LogP contribution in [0.2, 0.25) is 0 Å². The second-order valence-electron chi connectivity index (χ2n) is 6.11. The first-order chi connectivity index (χ1) is 10.0. The summed E-state index contributed by atoms with van der Waals surface area (Å²) in [6.07, 6.45) is 5.44. The van der Waals surface area contributed by atoms with Gasteiger partial charge in [0.1, 0.15) is 0 Å². The Hall–Kier alpha value is -0.470. The number of sulfonamides is 1. The van der Waals surface area contributed by atoms with Gasteiger partial charge in [0, 0.05) is 29.5 Å². The molecule has 2 saturated heterocycles. The molecule has 3 rings (SSSR count). The van der Waals surface area contributed by atoms with Gasteiger partial charge < -0.3 is 10.6 Å². The van der Waals surface area contributed by atoms with Gasteiger partial charge in [0.2, 0.25) is 10.0 Å². The minimum atomic E-state index is -3.45. The Morgan fingerprint density at radius 2 is 2.05 bits per heavy atom. The molecule has 7 heteroatoms. The van der Waals surface area contributed by atoms with E-state index in [1.54, 1.807) is 11.4 Å². The fraction of sp³-hybridized carbons (Fsp3) is 0.714. The van der Waals surface area contributed by atoms with Crippen LogP contribution >= 0.6 is 11.3 Å². The highest BCUT2D eigenvalue weighted by Crippen LogP contribution is 2.33. The number of nitrogens with zero attached hydrogens (tertiary/aromatic N) is 1. The Morgan fingerprint density at radius 1 is 1.38 bits per heavy atom. The first-order valence-electron chi connectivity index (χ1n) is 7.52. The Bertz CT molecular complexity index is 585. The van der Waals surface area contributed by atoms with Gasteiger partial charge in [-0.2, -0.15) is 0 Å². The van der Waals surface area contributed by atoms with Crippen molar-refractivity contribution >= 4 is 21.4 Å². The van der Waals surface area contributed by atoms with E-state index in [1.807, 2.05) is 0 Å². The van der Waals surface area contributed by atoms with E-state index in [-0.39, 0.29) is 12.6 Å². The van der Waals surface area contributed by atoms with E-state index in [9.17, 15) is 8.42 Å². The van der Waals surface area contributed by atoms with Crippen LogP contribution in [0.15, 0.2) is 16.3 Å². The first-order valence-corrected chi connectivity index (χ1v) is 9.88.